The molecule has 108 valence electrons. The average Bonchev–Trinajstić information content (AvgIpc) is 2.41. The van der Waals surface area contributed by atoms with Crippen molar-refractivity contribution >= 4 is 15.8 Å². The standard InChI is InChI=1S/C13H21NO4S/c15-13(12-4-2-1-3-5-12)18-9-6-14-7-10-19(16,17)11-8-14/h4H,1-3,5-11H2. The Kier molecular flexibility index (Phi) is 4.99. The number of hydrogen-bond donors (Lipinski definition) is 0. The first kappa shape index (κ1) is 14.5. The summed E-state index contributed by atoms with van der Waals surface area (Å²) in [6.07, 6.45) is 5.97. The Labute approximate surface area is 114 Å². The van der Waals surface area contributed by atoms with Crippen molar-refractivity contribution in [2.24, 2.45) is 0 Å². The summed E-state index contributed by atoms with van der Waals surface area (Å²) in [4.78, 5) is 13.8. The maximum absolute atomic E-state index is 11.7. The van der Waals surface area contributed by atoms with E-state index in [1.807, 2.05) is 11.0 Å². The molecule has 0 radical (unpaired) electrons. The largest absolute Gasteiger partial charge is 0.461 e. The van der Waals surface area contributed by atoms with Gasteiger partial charge >= 0.3 is 5.97 Å². The summed E-state index contributed by atoms with van der Waals surface area (Å²) in [6, 6.07) is 0. The number of hydrogen-bond acceptors (Lipinski definition) is 5. The van der Waals surface area contributed by atoms with E-state index in [0.717, 1.165) is 31.3 Å². The molecule has 2 aliphatic rings. The number of nitrogens with zero attached hydrogens (tertiary/aromatic N) is 1. The minimum Gasteiger partial charge on any atom is -0.461 e. The second-order valence-electron chi connectivity index (χ2n) is 5.10. The molecule has 0 spiro atoms. The molecule has 1 heterocycles. The summed E-state index contributed by atoms with van der Waals surface area (Å²) in [6.45, 7) is 2.05. The van der Waals surface area contributed by atoms with Gasteiger partial charge in [0, 0.05) is 25.2 Å². The van der Waals surface area contributed by atoms with Crippen molar-refractivity contribution in [1.29, 1.82) is 0 Å². The highest BCUT2D eigenvalue weighted by Gasteiger charge is 2.21. The molecular formula is C13H21NO4S. The molecule has 0 atom stereocenters. The van der Waals surface area contributed by atoms with Gasteiger partial charge in [0.25, 0.3) is 0 Å². The fraction of sp³-hybridized carbons (Fsp3) is 0.769. The second kappa shape index (κ2) is 6.52. The Bertz CT molecular complexity index is 441. The van der Waals surface area contributed by atoms with Crippen molar-refractivity contribution in [1.82, 2.24) is 4.90 Å². The Morgan fingerprint density at radius 2 is 2.00 bits per heavy atom. The van der Waals surface area contributed by atoms with Gasteiger partial charge in [-0.25, -0.2) is 13.2 Å². The first-order valence-corrected chi connectivity index (χ1v) is 8.68. The van der Waals surface area contributed by atoms with Crippen LogP contribution >= 0.6 is 0 Å². The molecular weight excluding hydrogens is 266 g/mol. The van der Waals surface area contributed by atoms with Gasteiger partial charge in [-0.3, -0.25) is 4.90 Å². The smallest absolute Gasteiger partial charge is 0.333 e. The predicted octanol–water partition coefficient (Wildman–Crippen LogP) is 0.760. The van der Waals surface area contributed by atoms with Crippen LogP contribution in [0.25, 0.3) is 0 Å². The van der Waals surface area contributed by atoms with Crippen molar-refractivity contribution in [3.05, 3.63) is 11.6 Å². The van der Waals surface area contributed by atoms with Gasteiger partial charge in [0.15, 0.2) is 9.84 Å². The highest BCUT2D eigenvalue weighted by atomic mass is 32.2. The molecule has 2 rings (SSSR count). The van der Waals surface area contributed by atoms with Crippen LogP contribution in [0.2, 0.25) is 0 Å². The lowest BCUT2D eigenvalue weighted by Crippen LogP contribution is -2.41. The Balaban J connectivity index is 1.67. The van der Waals surface area contributed by atoms with Crippen LogP contribution in [0, 0.1) is 0 Å². The molecule has 1 aliphatic carbocycles. The minimum absolute atomic E-state index is 0.204. The number of rotatable bonds is 4. The minimum atomic E-state index is -2.83. The number of allylic oxidation sites excluding steroid dienone is 1. The molecule has 5 nitrogen and oxygen atoms in total. The molecule has 0 aromatic heterocycles. The lowest BCUT2D eigenvalue weighted by molar-refractivity contribution is -0.139. The van der Waals surface area contributed by atoms with Gasteiger partial charge in [0.1, 0.15) is 6.61 Å². The number of ether oxygens (including phenoxy) is 1. The zero-order valence-electron chi connectivity index (χ0n) is 11.1. The predicted molar refractivity (Wildman–Crippen MR) is 72.6 cm³/mol. The third-order valence-corrected chi connectivity index (χ3v) is 5.24. The molecule has 19 heavy (non-hydrogen) atoms. The lowest BCUT2D eigenvalue weighted by Gasteiger charge is -2.26. The molecule has 0 unspecified atom stereocenters. The zero-order chi connectivity index (χ0) is 13.7. The van der Waals surface area contributed by atoms with Gasteiger partial charge in [-0.1, -0.05) is 6.08 Å². The van der Waals surface area contributed by atoms with E-state index < -0.39 is 9.84 Å². The first-order chi connectivity index (χ1) is 9.07. The van der Waals surface area contributed by atoms with Gasteiger partial charge in [-0.15, -0.1) is 0 Å². The molecule has 0 N–H and O–H groups in total. The summed E-state index contributed by atoms with van der Waals surface area (Å²) >= 11 is 0. The van der Waals surface area contributed by atoms with E-state index in [4.69, 9.17) is 4.74 Å². The summed E-state index contributed by atoms with van der Waals surface area (Å²) < 4.78 is 27.8. The van der Waals surface area contributed by atoms with E-state index in [1.165, 1.54) is 0 Å². The average molecular weight is 287 g/mol. The normalized spacial score (nSPS) is 23.7. The van der Waals surface area contributed by atoms with Crippen molar-refractivity contribution < 1.29 is 17.9 Å². The van der Waals surface area contributed by atoms with Crippen LogP contribution in [-0.2, 0) is 19.4 Å². The van der Waals surface area contributed by atoms with Gasteiger partial charge in [0.05, 0.1) is 11.5 Å². The summed E-state index contributed by atoms with van der Waals surface area (Å²) in [5.74, 6) is 0.224. The van der Waals surface area contributed by atoms with Crippen molar-refractivity contribution in [3.8, 4) is 0 Å². The SMILES string of the molecule is O=C(OCCN1CCS(=O)(=O)CC1)C1=CCCCC1. The Hall–Kier alpha value is -0.880. The molecule has 0 saturated carbocycles. The van der Waals surface area contributed by atoms with Crippen LogP contribution in [0.15, 0.2) is 11.6 Å². The highest BCUT2D eigenvalue weighted by molar-refractivity contribution is 7.91. The van der Waals surface area contributed by atoms with Crippen molar-refractivity contribution in [2.45, 2.75) is 25.7 Å². The maximum Gasteiger partial charge on any atom is 0.333 e. The number of carbonyl (C=O) groups excluding carboxylic acids is 1. The molecule has 1 fully saturated rings. The first-order valence-electron chi connectivity index (χ1n) is 6.86. The Morgan fingerprint density at radius 1 is 1.26 bits per heavy atom. The molecule has 1 saturated heterocycles. The molecule has 0 bridgehead atoms. The van der Waals surface area contributed by atoms with E-state index in [0.29, 0.717) is 26.2 Å². The zero-order valence-corrected chi connectivity index (χ0v) is 12.0. The van der Waals surface area contributed by atoms with Crippen LogP contribution in [0.4, 0.5) is 0 Å². The van der Waals surface area contributed by atoms with E-state index in [2.05, 4.69) is 0 Å². The molecule has 0 aromatic carbocycles. The molecule has 0 aromatic rings. The maximum atomic E-state index is 11.7. The monoisotopic (exact) mass is 287 g/mol. The third-order valence-electron chi connectivity index (χ3n) is 3.63. The van der Waals surface area contributed by atoms with Crippen molar-refractivity contribution in [2.75, 3.05) is 37.7 Å². The van der Waals surface area contributed by atoms with Crippen LogP contribution in [0.1, 0.15) is 25.7 Å². The summed E-state index contributed by atoms with van der Waals surface area (Å²) in [5, 5.41) is 0. The van der Waals surface area contributed by atoms with E-state index >= 15 is 0 Å². The third kappa shape index (κ3) is 4.62. The van der Waals surface area contributed by atoms with E-state index in [9.17, 15) is 13.2 Å². The van der Waals surface area contributed by atoms with Gasteiger partial charge in [0.2, 0.25) is 0 Å². The van der Waals surface area contributed by atoms with E-state index in [-0.39, 0.29) is 17.5 Å². The fourth-order valence-electron chi connectivity index (χ4n) is 2.36. The molecule has 1 aliphatic heterocycles. The second-order valence-corrected chi connectivity index (χ2v) is 7.41. The van der Waals surface area contributed by atoms with Gasteiger partial charge < -0.3 is 4.74 Å². The summed E-state index contributed by atoms with van der Waals surface area (Å²) in [5.41, 5.74) is 0.799. The van der Waals surface area contributed by atoms with E-state index in [1.54, 1.807) is 0 Å². The van der Waals surface area contributed by atoms with Gasteiger partial charge in [-0.05, 0) is 25.7 Å². The van der Waals surface area contributed by atoms with Crippen LogP contribution in [-0.4, -0.2) is 57.0 Å². The fourth-order valence-corrected chi connectivity index (χ4v) is 3.63. The Morgan fingerprint density at radius 3 is 2.63 bits per heavy atom. The number of sulfone groups is 1. The number of esters is 1. The van der Waals surface area contributed by atoms with Crippen LogP contribution in [0.3, 0.4) is 0 Å². The molecule has 0 amide bonds. The molecule has 6 heteroatoms. The van der Waals surface area contributed by atoms with Crippen molar-refractivity contribution in [3.63, 3.8) is 0 Å². The topological polar surface area (TPSA) is 63.7 Å². The summed E-state index contributed by atoms with van der Waals surface area (Å²) in [7, 11) is -2.83. The number of carbonyl (C=O) groups is 1. The highest BCUT2D eigenvalue weighted by Crippen LogP contribution is 2.18. The quantitative estimate of drug-likeness (QED) is 0.714. The lowest BCUT2D eigenvalue weighted by atomic mass is 10.00. The van der Waals surface area contributed by atoms with Crippen LogP contribution in [0.5, 0.6) is 0 Å². The van der Waals surface area contributed by atoms with Gasteiger partial charge in [-0.2, -0.15) is 0 Å². The van der Waals surface area contributed by atoms with Crippen LogP contribution < -0.4 is 0 Å².